The number of hydrogen-bond donors (Lipinski definition) is 0. The van der Waals surface area contributed by atoms with Crippen molar-refractivity contribution >= 4 is 27.3 Å². The van der Waals surface area contributed by atoms with Gasteiger partial charge in [-0.15, -0.1) is 11.3 Å². The normalized spacial score (nSPS) is 11.1. The third-order valence-corrected chi connectivity index (χ3v) is 5.62. The Balaban J connectivity index is 1.61. The van der Waals surface area contributed by atoms with Gasteiger partial charge in [-0.3, -0.25) is 4.57 Å². The number of nitrogens with zero attached hydrogens (tertiary/aromatic N) is 4. The molecule has 0 aliphatic carbocycles. The van der Waals surface area contributed by atoms with E-state index in [9.17, 15) is 18.0 Å². The topological polar surface area (TPSA) is 61.9 Å². The first kappa shape index (κ1) is 20.4. The van der Waals surface area contributed by atoms with E-state index in [2.05, 4.69) is 26.0 Å². The number of aromatic nitrogens is 4. The van der Waals surface area contributed by atoms with Crippen LogP contribution in [0, 0.1) is 24.4 Å². The molecule has 11 heteroatoms. The quantitative estimate of drug-likeness (QED) is 0.397. The van der Waals surface area contributed by atoms with Crippen LogP contribution in [0.4, 0.5) is 13.2 Å². The molecule has 0 aliphatic heterocycles. The first-order chi connectivity index (χ1) is 14.3. The van der Waals surface area contributed by atoms with Crippen molar-refractivity contribution in [2.24, 2.45) is 0 Å². The van der Waals surface area contributed by atoms with Crippen molar-refractivity contribution in [3.05, 3.63) is 85.0 Å². The second kappa shape index (κ2) is 8.07. The minimum absolute atomic E-state index is 0.0689. The molecule has 2 heterocycles. The highest BCUT2D eigenvalue weighted by Gasteiger charge is 2.16. The Hall–Kier alpha value is -2.92. The van der Waals surface area contributed by atoms with Crippen molar-refractivity contribution in [2.75, 3.05) is 0 Å². The third kappa shape index (κ3) is 3.90. The molecule has 4 rings (SSSR count). The summed E-state index contributed by atoms with van der Waals surface area (Å²) in [5, 5.41) is 3.91. The summed E-state index contributed by atoms with van der Waals surface area (Å²) in [6, 6.07) is 7.30. The molecule has 0 spiro atoms. The molecule has 2 aromatic carbocycles. The lowest BCUT2D eigenvalue weighted by molar-refractivity contribution is 0.427. The molecule has 0 unspecified atom stereocenters. The molecule has 0 N–H and O–H groups in total. The minimum atomic E-state index is -0.772. The van der Waals surface area contributed by atoms with Crippen molar-refractivity contribution in [1.29, 1.82) is 0 Å². The van der Waals surface area contributed by atoms with Crippen LogP contribution in [0.2, 0.25) is 0 Å². The van der Waals surface area contributed by atoms with Crippen LogP contribution in [-0.2, 0) is 6.54 Å². The van der Waals surface area contributed by atoms with Gasteiger partial charge in [-0.2, -0.15) is 14.8 Å². The molecule has 30 heavy (non-hydrogen) atoms. The summed E-state index contributed by atoms with van der Waals surface area (Å²) in [5.41, 5.74) is -0.808. The molecule has 154 valence electrons. The molecule has 2 aromatic heterocycles. The van der Waals surface area contributed by atoms with Gasteiger partial charge < -0.3 is 4.74 Å². The number of hydrogen-bond acceptors (Lipinski definition) is 5. The molecule has 0 atom stereocenters. The van der Waals surface area contributed by atoms with Crippen molar-refractivity contribution in [3.63, 3.8) is 0 Å². The molecule has 0 fully saturated rings. The van der Waals surface area contributed by atoms with Gasteiger partial charge in [-0.25, -0.2) is 18.0 Å². The maximum atomic E-state index is 14.5. The lowest BCUT2D eigenvalue weighted by Crippen LogP contribution is -2.24. The number of aryl methyl sites for hydroxylation is 1. The van der Waals surface area contributed by atoms with E-state index in [0.717, 1.165) is 38.7 Å². The Bertz CT molecular complexity index is 1280. The maximum absolute atomic E-state index is 14.5. The lowest BCUT2D eigenvalue weighted by Gasteiger charge is -2.07. The SMILES string of the molecule is Cc1sc(Br)nc1Oc1ccc(-n2ncn(Cc3c(F)cccc3F)c2=O)cc1F. The van der Waals surface area contributed by atoms with Crippen molar-refractivity contribution in [3.8, 4) is 17.3 Å². The van der Waals surface area contributed by atoms with Gasteiger partial charge in [0.25, 0.3) is 0 Å². The summed E-state index contributed by atoms with van der Waals surface area (Å²) in [4.78, 5) is 17.5. The number of halogens is 4. The second-order valence-corrected chi connectivity index (χ2v) is 8.68. The van der Waals surface area contributed by atoms with Crippen LogP contribution in [0.1, 0.15) is 10.4 Å². The summed E-state index contributed by atoms with van der Waals surface area (Å²) in [5.74, 6) is -2.07. The van der Waals surface area contributed by atoms with E-state index in [1.807, 2.05) is 0 Å². The Kier molecular flexibility index (Phi) is 5.48. The molecule has 0 aliphatic rings. The van der Waals surface area contributed by atoms with Gasteiger partial charge in [0, 0.05) is 11.6 Å². The van der Waals surface area contributed by atoms with Crippen molar-refractivity contribution in [2.45, 2.75) is 13.5 Å². The number of ether oxygens (including phenoxy) is 1. The Labute approximate surface area is 180 Å². The van der Waals surface area contributed by atoms with E-state index in [-0.39, 0.29) is 29.4 Å². The van der Waals surface area contributed by atoms with E-state index in [0.29, 0.717) is 3.92 Å². The fraction of sp³-hybridized carbons (Fsp3) is 0.105. The van der Waals surface area contributed by atoms with Gasteiger partial charge >= 0.3 is 5.69 Å². The van der Waals surface area contributed by atoms with E-state index < -0.39 is 23.1 Å². The monoisotopic (exact) mass is 496 g/mol. The van der Waals surface area contributed by atoms with Crippen LogP contribution < -0.4 is 10.4 Å². The van der Waals surface area contributed by atoms with Crippen LogP contribution in [0.25, 0.3) is 5.69 Å². The van der Waals surface area contributed by atoms with E-state index in [4.69, 9.17) is 4.74 Å². The van der Waals surface area contributed by atoms with Gasteiger partial charge in [0.15, 0.2) is 15.5 Å². The van der Waals surface area contributed by atoms with E-state index >= 15 is 0 Å². The summed E-state index contributed by atoms with van der Waals surface area (Å²) in [6.07, 6.45) is 1.13. The summed E-state index contributed by atoms with van der Waals surface area (Å²) in [6.45, 7) is 1.44. The van der Waals surface area contributed by atoms with Gasteiger partial charge in [0.05, 0.1) is 17.1 Å². The highest BCUT2D eigenvalue weighted by atomic mass is 79.9. The molecular formula is C19H12BrF3N4O2S. The zero-order valence-electron chi connectivity index (χ0n) is 15.3. The zero-order chi connectivity index (χ0) is 21.4. The third-order valence-electron chi connectivity index (χ3n) is 4.22. The highest BCUT2D eigenvalue weighted by molar-refractivity contribution is 9.11. The first-order valence-corrected chi connectivity index (χ1v) is 10.1. The van der Waals surface area contributed by atoms with E-state index in [1.165, 1.54) is 29.5 Å². The van der Waals surface area contributed by atoms with Crippen LogP contribution in [0.5, 0.6) is 11.6 Å². The van der Waals surface area contributed by atoms with Crippen LogP contribution >= 0.6 is 27.3 Å². The Morgan fingerprint density at radius 2 is 1.87 bits per heavy atom. The maximum Gasteiger partial charge on any atom is 0.350 e. The van der Waals surface area contributed by atoms with Gasteiger partial charge in [-0.05, 0) is 47.1 Å². The van der Waals surface area contributed by atoms with Gasteiger partial charge in [-0.1, -0.05) is 6.07 Å². The van der Waals surface area contributed by atoms with Crippen LogP contribution in [0.3, 0.4) is 0 Å². The van der Waals surface area contributed by atoms with Gasteiger partial charge in [0.1, 0.15) is 18.0 Å². The Morgan fingerprint density at radius 3 is 2.50 bits per heavy atom. The molecule has 0 saturated carbocycles. The molecular weight excluding hydrogens is 485 g/mol. The number of benzene rings is 2. The fourth-order valence-corrected chi connectivity index (χ4v) is 4.17. The average molecular weight is 497 g/mol. The van der Waals surface area contributed by atoms with Crippen LogP contribution in [-0.4, -0.2) is 19.3 Å². The second-order valence-electron chi connectivity index (χ2n) is 6.20. The lowest BCUT2D eigenvalue weighted by atomic mass is 10.2. The summed E-state index contributed by atoms with van der Waals surface area (Å²) >= 11 is 4.59. The summed E-state index contributed by atoms with van der Waals surface area (Å²) in [7, 11) is 0. The van der Waals surface area contributed by atoms with Crippen molar-refractivity contribution in [1.82, 2.24) is 19.3 Å². The largest absolute Gasteiger partial charge is 0.435 e. The summed E-state index contributed by atoms with van der Waals surface area (Å²) < 4.78 is 50.3. The van der Waals surface area contributed by atoms with Crippen molar-refractivity contribution < 1.29 is 17.9 Å². The minimum Gasteiger partial charge on any atom is -0.435 e. The average Bonchev–Trinajstić information content (AvgIpc) is 3.21. The van der Waals surface area contributed by atoms with Gasteiger partial charge in [0.2, 0.25) is 5.88 Å². The molecule has 4 aromatic rings. The molecule has 0 bridgehead atoms. The standard InChI is InChI=1S/C19H12BrF3N4O2S/c1-10-17(25-18(20)30-10)29-16-6-5-11(7-15(16)23)27-19(28)26(9-24-27)8-12-13(21)3-2-4-14(12)22/h2-7,9H,8H2,1H3. The first-order valence-electron chi connectivity index (χ1n) is 8.51. The smallest absolute Gasteiger partial charge is 0.350 e. The fourth-order valence-electron chi connectivity index (χ4n) is 2.73. The molecule has 6 nitrogen and oxygen atoms in total. The predicted molar refractivity (Wildman–Crippen MR) is 108 cm³/mol. The molecule has 0 amide bonds. The molecule has 0 radical (unpaired) electrons. The molecule has 0 saturated heterocycles. The Morgan fingerprint density at radius 1 is 1.13 bits per heavy atom. The number of rotatable bonds is 5. The predicted octanol–water partition coefficient (Wildman–Crippen LogP) is 4.82. The van der Waals surface area contributed by atoms with Crippen LogP contribution in [0.15, 0.2) is 51.4 Å². The van der Waals surface area contributed by atoms with E-state index in [1.54, 1.807) is 6.92 Å². The highest BCUT2D eigenvalue weighted by Crippen LogP contribution is 2.32. The number of thiazole rings is 1. The zero-order valence-corrected chi connectivity index (χ0v) is 17.7.